The summed E-state index contributed by atoms with van der Waals surface area (Å²) in [5.74, 6) is 1.11. The van der Waals surface area contributed by atoms with Crippen LogP contribution in [0.15, 0.2) is 24.3 Å². The van der Waals surface area contributed by atoms with Gasteiger partial charge in [-0.1, -0.05) is 37.6 Å². The summed E-state index contributed by atoms with van der Waals surface area (Å²) in [6, 6.07) is 8.14. The molecule has 0 radical (unpaired) electrons. The Bertz CT molecular complexity index is 343. The Morgan fingerprint density at radius 1 is 1.39 bits per heavy atom. The van der Waals surface area contributed by atoms with Crippen molar-refractivity contribution in [3.63, 3.8) is 0 Å². The van der Waals surface area contributed by atoms with E-state index >= 15 is 0 Å². The minimum Gasteiger partial charge on any atom is -0.384 e. The summed E-state index contributed by atoms with van der Waals surface area (Å²) >= 11 is 6.03. The van der Waals surface area contributed by atoms with Gasteiger partial charge in [-0.25, -0.2) is 0 Å². The van der Waals surface area contributed by atoms with E-state index in [0.717, 1.165) is 31.1 Å². The molecule has 2 atom stereocenters. The topological polar surface area (TPSA) is 21.3 Å². The van der Waals surface area contributed by atoms with Crippen molar-refractivity contribution in [1.29, 1.82) is 0 Å². The number of ether oxygens (including phenoxy) is 1. The van der Waals surface area contributed by atoms with Crippen molar-refractivity contribution in [3.8, 4) is 0 Å². The quantitative estimate of drug-likeness (QED) is 0.781. The SMILES string of the molecule is CCNCC(Cc1cccc(Cl)c1)C(C)COC. The number of benzene rings is 1. The lowest BCUT2D eigenvalue weighted by Crippen LogP contribution is -2.30. The third kappa shape index (κ3) is 5.38. The first kappa shape index (κ1) is 15.5. The van der Waals surface area contributed by atoms with Gasteiger partial charge in [0, 0.05) is 18.7 Å². The van der Waals surface area contributed by atoms with Gasteiger partial charge < -0.3 is 10.1 Å². The van der Waals surface area contributed by atoms with E-state index in [9.17, 15) is 0 Å². The molecule has 18 heavy (non-hydrogen) atoms. The normalized spacial score (nSPS) is 14.4. The zero-order chi connectivity index (χ0) is 13.4. The second kappa shape index (κ2) is 8.52. The Balaban J connectivity index is 2.64. The molecular formula is C15H24ClNO. The van der Waals surface area contributed by atoms with Crippen LogP contribution in [-0.4, -0.2) is 26.8 Å². The molecule has 0 aliphatic rings. The highest BCUT2D eigenvalue weighted by atomic mass is 35.5. The van der Waals surface area contributed by atoms with Crippen LogP contribution < -0.4 is 5.32 Å². The van der Waals surface area contributed by atoms with Crippen LogP contribution >= 0.6 is 11.6 Å². The predicted molar refractivity (Wildman–Crippen MR) is 78.2 cm³/mol. The van der Waals surface area contributed by atoms with Crippen LogP contribution in [0.3, 0.4) is 0 Å². The van der Waals surface area contributed by atoms with E-state index in [0.29, 0.717) is 11.8 Å². The summed E-state index contributed by atoms with van der Waals surface area (Å²) in [6.07, 6.45) is 1.04. The second-order valence-corrected chi connectivity index (χ2v) is 5.27. The van der Waals surface area contributed by atoms with Gasteiger partial charge in [0.2, 0.25) is 0 Å². The molecule has 0 fully saturated rings. The van der Waals surface area contributed by atoms with Crippen molar-refractivity contribution >= 4 is 11.6 Å². The maximum atomic E-state index is 6.03. The summed E-state index contributed by atoms with van der Waals surface area (Å²) in [7, 11) is 1.76. The molecular weight excluding hydrogens is 246 g/mol. The lowest BCUT2D eigenvalue weighted by molar-refractivity contribution is 0.128. The molecule has 0 aromatic heterocycles. The van der Waals surface area contributed by atoms with Crippen molar-refractivity contribution in [2.75, 3.05) is 26.8 Å². The van der Waals surface area contributed by atoms with E-state index in [1.54, 1.807) is 7.11 Å². The predicted octanol–water partition coefficient (Wildman–Crippen LogP) is 3.39. The molecule has 3 heteroatoms. The van der Waals surface area contributed by atoms with E-state index in [2.05, 4.69) is 31.3 Å². The van der Waals surface area contributed by atoms with E-state index in [1.165, 1.54) is 5.56 Å². The largest absolute Gasteiger partial charge is 0.384 e. The Kier molecular flexibility index (Phi) is 7.33. The highest BCUT2D eigenvalue weighted by Gasteiger charge is 2.17. The third-order valence-electron chi connectivity index (χ3n) is 3.28. The lowest BCUT2D eigenvalue weighted by Gasteiger charge is -2.24. The monoisotopic (exact) mass is 269 g/mol. The highest BCUT2D eigenvalue weighted by Crippen LogP contribution is 2.20. The second-order valence-electron chi connectivity index (χ2n) is 4.83. The van der Waals surface area contributed by atoms with Crippen LogP contribution in [0.25, 0.3) is 0 Å². The molecule has 2 nitrogen and oxygen atoms in total. The van der Waals surface area contributed by atoms with Gasteiger partial charge in [0.15, 0.2) is 0 Å². The summed E-state index contributed by atoms with van der Waals surface area (Å²) in [5.41, 5.74) is 1.30. The smallest absolute Gasteiger partial charge is 0.0491 e. The maximum Gasteiger partial charge on any atom is 0.0491 e. The van der Waals surface area contributed by atoms with Gasteiger partial charge in [-0.2, -0.15) is 0 Å². The molecule has 102 valence electrons. The van der Waals surface area contributed by atoms with E-state index in [4.69, 9.17) is 16.3 Å². The average molecular weight is 270 g/mol. The molecule has 0 heterocycles. The first-order valence-electron chi connectivity index (χ1n) is 6.61. The molecule has 1 rings (SSSR count). The fraction of sp³-hybridized carbons (Fsp3) is 0.600. The zero-order valence-corrected chi connectivity index (χ0v) is 12.3. The molecule has 0 aliphatic carbocycles. The van der Waals surface area contributed by atoms with Crippen LogP contribution in [0.5, 0.6) is 0 Å². The number of hydrogen-bond donors (Lipinski definition) is 1. The van der Waals surface area contributed by atoms with Crippen LogP contribution in [0.2, 0.25) is 5.02 Å². The van der Waals surface area contributed by atoms with Gasteiger partial charge in [0.05, 0.1) is 0 Å². The molecule has 0 aliphatic heterocycles. The van der Waals surface area contributed by atoms with Gasteiger partial charge in [0.1, 0.15) is 0 Å². The molecule has 1 aromatic carbocycles. The van der Waals surface area contributed by atoms with Gasteiger partial charge >= 0.3 is 0 Å². The zero-order valence-electron chi connectivity index (χ0n) is 11.6. The first-order valence-corrected chi connectivity index (χ1v) is 6.99. The summed E-state index contributed by atoms with van der Waals surface area (Å²) in [6.45, 7) is 7.21. The number of hydrogen-bond acceptors (Lipinski definition) is 2. The molecule has 0 saturated heterocycles. The number of methoxy groups -OCH3 is 1. The van der Waals surface area contributed by atoms with Crippen LogP contribution in [0.4, 0.5) is 0 Å². The molecule has 0 saturated carbocycles. The van der Waals surface area contributed by atoms with Crippen LogP contribution in [-0.2, 0) is 11.2 Å². The number of nitrogens with one attached hydrogen (secondary N) is 1. The molecule has 2 unspecified atom stereocenters. The minimum absolute atomic E-state index is 0.535. The fourth-order valence-corrected chi connectivity index (χ4v) is 2.38. The Morgan fingerprint density at radius 3 is 2.78 bits per heavy atom. The average Bonchev–Trinajstić information content (AvgIpc) is 2.34. The van der Waals surface area contributed by atoms with E-state index in [1.807, 2.05) is 12.1 Å². The summed E-state index contributed by atoms with van der Waals surface area (Å²) < 4.78 is 5.27. The van der Waals surface area contributed by atoms with E-state index in [-0.39, 0.29) is 0 Å². The maximum absolute atomic E-state index is 6.03. The van der Waals surface area contributed by atoms with Crippen LogP contribution in [0.1, 0.15) is 19.4 Å². The summed E-state index contributed by atoms with van der Waals surface area (Å²) in [4.78, 5) is 0. The van der Waals surface area contributed by atoms with Crippen molar-refractivity contribution in [3.05, 3.63) is 34.9 Å². The lowest BCUT2D eigenvalue weighted by atomic mass is 9.88. The molecule has 0 amide bonds. The van der Waals surface area contributed by atoms with Crippen molar-refractivity contribution in [1.82, 2.24) is 5.32 Å². The van der Waals surface area contributed by atoms with Gasteiger partial charge in [-0.05, 0) is 49.0 Å². The standard InChI is InChI=1S/C15H24ClNO/c1-4-17-10-14(12(2)11-18-3)8-13-6-5-7-15(16)9-13/h5-7,9,12,14,17H,4,8,10-11H2,1-3H3. The Labute approximate surface area is 116 Å². The highest BCUT2D eigenvalue weighted by molar-refractivity contribution is 6.30. The van der Waals surface area contributed by atoms with Gasteiger partial charge in [-0.3, -0.25) is 0 Å². The number of rotatable bonds is 8. The van der Waals surface area contributed by atoms with Crippen molar-refractivity contribution < 1.29 is 4.74 Å². The van der Waals surface area contributed by atoms with Crippen molar-refractivity contribution in [2.45, 2.75) is 20.3 Å². The Hall–Kier alpha value is -0.570. The first-order chi connectivity index (χ1) is 8.67. The number of halogens is 1. The molecule has 0 spiro atoms. The fourth-order valence-electron chi connectivity index (χ4n) is 2.17. The Morgan fingerprint density at radius 2 is 2.17 bits per heavy atom. The van der Waals surface area contributed by atoms with Crippen molar-refractivity contribution in [2.24, 2.45) is 11.8 Å². The van der Waals surface area contributed by atoms with Crippen LogP contribution in [0, 0.1) is 11.8 Å². The molecule has 0 bridgehead atoms. The third-order valence-corrected chi connectivity index (χ3v) is 3.51. The van der Waals surface area contributed by atoms with Gasteiger partial charge in [0.25, 0.3) is 0 Å². The van der Waals surface area contributed by atoms with E-state index < -0.39 is 0 Å². The molecule has 1 aromatic rings. The summed E-state index contributed by atoms with van der Waals surface area (Å²) in [5, 5.41) is 4.25. The minimum atomic E-state index is 0.535. The van der Waals surface area contributed by atoms with Gasteiger partial charge in [-0.15, -0.1) is 0 Å². The molecule has 1 N–H and O–H groups in total.